The molecule has 2 aromatic rings. The Bertz CT molecular complexity index is 1020. The Morgan fingerprint density at radius 1 is 0.909 bits per heavy atom. The van der Waals surface area contributed by atoms with Crippen molar-refractivity contribution in [1.82, 2.24) is 0 Å². The number of quaternary nitrogens is 1. The third-order valence-electron chi connectivity index (χ3n) is 6.94. The molecule has 33 heavy (non-hydrogen) atoms. The van der Waals surface area contributed by atoms with Crippen LogP contribution >= 0.6 is 0 Å². The van der Waals surface area contributed by atoms with Gasteiger partial charge in [-0.05, 0) is 42.3 Å². The lowest BCUT2D eigenvalue weighted by Crippen LogP contribution is -3.00. The molecule has 178 valence electrons. The van der Waals surface area contributed by atoms with Crippen LogP contribution in [0.25, 0.3) is 0 Å². The molecule has 2 heterocycles. The largest absolute Gasteiger partial charge is 1.00 e. The standard InChI is InChI=1S/C25H27F3NO3.BrH/c1-16-4-6-17(7-5-16)24(31,18-8-10-19(11-9-18)25(26,27)28)23(30)32-22-14-20-12-13-21(15-22)29(20,2)3;/h4-13,20-22,31H,14-15H2,1-3H3;1H/q+1;/p-1/t20-,21?,22?,24?;/m1./s1. The maximum Gasteiger partial charge on any atom is 0.416 e. The van der Waals surface area contributed by atoms with Gasteiger partial charge in [-0.1, -0.05) is 42.0 Å². The molecular weight excluding hydrogens is 499 g/mol. The number of carbonyl (C=O) groups is 1. The number of alkyl halides is 3. The predicted molar refractivity (Wildman–Crippen MR) is 114 cm³/mol. The Labute approximate surface area is 202 Å². The molecule has 0 saturated carbocycles. The van der Waals surface area contributed by atoms with Crippen LogP contribution < -0.4 is 17.0 Å². The molecule has 2 aliphatic heterocycles. The smallest absolute Gasteiger partial charge is 0.416 e. The van der Waals surface area contributed by atoms with Gasteiger partial charge >= 0.3 is 12.1 Å². The van der Waals surface area contributed by atoms with Gasteiger partial charge in [-0.2, -0.15) is 13.2 Å². The van der Waals surface area contributed by atoms with Gasteiger partial charge in [0.2, 0.25) is 5.60 Å². The number of ether oxygens (including phenoxy) is 1. The first-order valence-corrected chi connectivity index (χ1v) is 10.6. The highest BCUT2D eigenvalue weighted by atomic mass is 79.9. The highest BCUT2D eigenvalue weighted by Crippen LogP contribution is 2.39. The number of hydrogen-bond donors (Lipinski definition) is 1. The summed E-state index contributed by atoms with van der Waals surface area (Å²) in [5, 5.41) is 11.6. The van der Waals surface area contributed by atoms with E-state index in [-0.39, 0.29) is 46.3 Å². The SMILES string of the molecule is Cc1ccc(C(O)(C(=O)OC2CC3C=C[C@H](C2)[N+]3(C)C)c2ccc(C(F)(F)F)cc2)cc1.[Br-]. The molecule has 1 fully saturated rings. The summed E-state index contributed by atoms with van der Waals surface area (Å²) in [4.78, 5) is 13.4. The van der Waals surface area contributed by atoms with E-state index in [0.717, 1.165) is 34.3 Å². The second kappa shape index (κ2) is 8.89. The summed E-state index contributed by atoms with van der Waals surface area (Å²) in [5.41, 5.74) is -1.86. The molecule has 0 aromatic heterocycles. The van der Waals surface area contributed by atoms with Gasteiger partial charge in [0, 0.05) is 12.8 Å². The zero-order valence-corrected chi connectivity index (χ0v) is 20.2. The minimum absolute atomic E-state index is 0. The van der Waals surface area contributed by atoms with E-state index in [2.05, 4.69) is 26.2 Å². The molecule has 4 rings (SSSR count). The number of fused-ring (bicyclic) bond motifs is 2. The first-order chi connectivity index (χ1) is 14.9. The Kier molecular flexibility index (Phi) is 6.86. The molecule has 1 saturated heterocycles. The molecule has 8 heteroatoms. The number of aryl methyl sites for hydroxylation is 1. The lowest BCUT2D eigenvalue weighted by molar-refractivity contribution is -0.926. The van der Waals surface area contributed by atoms with E-state index in [4.69, 9.17) is 4.74 Å². The monoisotopic (exact) mass is 525 g/mol. The van der Waals surface area contributed by atoms with Crippen LogP contribution in [-0.2, 0) is 21.3 Å². The molecule has 2 aromatic carbocycles. The van der Waals surface area contributed by atoms with E-state index in [9.17, 15) is 23.1 Å². The Morgan fingerprint density at radius 3 is 1.79 bits per heavy atom. The van der Waals surface area contributed by atoms with Crippen LogP contribution in [0.5, 0.6) is 0 Å². The van der Waals surface area contributed by atoms with Crippen molar-refractivity contribution in [2.24, 2.45) is 0 Å². The Balaban J connectivity index is 0.00000306. The third-order valence-corrected chi connectivity index (χ3v) is 6.94. The van der Waals surface area contributed by atoms with E-state index >= 15 is 0 Å². The van der Waals surface area contributed by atoms with E-state index in [1.807, 2.05) is 6.92 Å². The van der Waals surface area contributed by atoms with Gasteiger partial charge < -0.3 is 31.3 Å². The molecule has 0 radical (unpaired) electrons. The molecular formula is C25H27BrF3NO3. The molecule has 4 atom stereocenters. The van der Waals surface area contributed by atoms with Crippen LogP contribution in [0.3, 0.4) is 0 Å². The molecule has 0 aliphatic carbocycles. The number of benzene rings is 2. The lowest BCUT2D eigenvalue weighted by atomic mass is 9.85. The van der Waals surface area contributed by atoms with Crippen LogP contribution in [0.1, 0.15) is 35.1 Å². The van der Waals surface area contributed by atoms with Gasteiger partial charge in [0.1, 0.15) is 18.2 Å². The van der Waals surface area contributed by atoms with Crippen molar-refractivity contribution in [3.63, 3.8) is 0 Å². The van der Waals surface area contributed by atoms with Crippen LogP contribution in [0.4, 0.5) is 13.2 Å². The number of piperidine rings is 1. The third kappa shape index (κ3) is 4.61. The van der Waals surface area contributed by atoms with Crippen LogP contribution in [0.15, 0.2) is 60.7 Å². The van der Waals surface area contributed by atoms with Crippen molar-refractivity contribution < 1.29 is 49.3 Å². The first kappa shape index (κ1) is 25.5. The summed E-state index contributed by atoms with van der Waals surface area (Å²) >= 11 is 0. The second-order valence-electron chi connectivity index (χ2n) is 9.30. The summed E-state index contributed by atoms with van der Waals surface area (Å²) in [5.74, 6) is -0.877. The molecule has 0 spiro atoms. The average Bonchev–Trinajstić information content (AvgIpc) is 2.90. The number of rotatable bonds is 4. The van der Waals surface area contributed by atoms with E-state index in [0.29, 0.717) is 12.8 Å². The van der Waals surface area contributed by atoms with Crippen LogP contribution in [0, 0.1) is 6.92 Å². The number of aliphatic hydroxyl groups is 1. The molecule has 4 nitrogen and oxygen atoms in total. The Hall–Kier alpha value is -2.16. The summed E-state index contributed by atoms with van der Waals surface area (Å²) in [6.45, 7) is 1.87. The zero-order valence-electron chi connectivity index (χ0n) is 18.6. The number of likely N-dealkylation sites (N-methyl/N-ethyl adjacent to an activating group) is 1. The number of carbonyl (C=O) groups excluding carboxylic acids is 1. The summed E-state index contributed by atoms with van der Waals surface area (Å²) in [6, 6.07) is 11.1. The van der Waals surface area contributed by atoms with Crippen molar-refractivity contribution in [3.8, 4) is 0 Å². The fourth-order valence-corrected chi connectivity index (χ4v) is 4.71. The fourth-order valence-electron chi connectivity index (χ4n) is 4.71. The maximum atomic E-state index is 13.4. The van der Waals surface area contributed by atoms with Crippen molar-refractivity contribution in [2.45, 2.75) is 49.7 Å². The highest BCUT2D eigenvalue weighted by molar-refractivity contribution is 5.85. The van der Waals surface area contributed by atoms with Crippen molar-refractivity contribution in [1.29, 1.82) is 0 Å². The highest BCUT2D eigenvalue weighted by Gasteiger charge is 2.49. The normalized spacial score (nSPS) is 25.1. The predicted octanol–water partition coefficient (Wildman–Crippen LogP) is 1.34. The van der Waals surface area contributed by atoms with Crippen molar-refractivity contribution in [2.75, 3.05) is 14.1 Å². The van der Waals surface area contributed by atoms with E-state index in [1.165, 1.54) is 0 Å². The van der Waals surface area contributed by atoms with Gasteiger partial charge in [0.25, 0.3) is 0 Å². The van der Waals surface area contributed by atoms with Crippen LogP contribution in [0.2, 0.25) is 0 Å². The number of esters is 1. The maximum absolute atomic E-state index is 13.4. The summed E-state index contributed by atoms with van der Waals surface area (Å²) < 4.78 is 45.7. The molecule has 1 N–H and O–H groups in total. The van der Waals surface area contributed by atoms with Gasteiger partial charge in [0.05, 0.1) is 19.7 Å². The van der Waals surface area contributed by atoms with E-state index < -0.39 is 23.3 Å². The Morgan fingerprint density at radius 2 is 1.33 bits per heavy atom. The number of hydrogen-bond acceptors (Lipinski definition) is 3. The summed E-state index contributed by atoms with van der Waals surface area (Å²) in [6.07, 6.45) is 0.637. The minimum atomic E-state index is -4.51. The van der Waals surface area contributed by atoms with Crippen molar-refractivity contribution in [3.05, 3.63) is 82.9 Å². The quantitative estimate of drug-likeness (QED) is 0.372. The molecule has 3 unspecified atom stereocenters. The van der Waals surface area contributed by atoms with Gasteiger partial charge in [-0.15, -0.1) is 0 Å². The minimum Gasteiger partial charge on any atom is -1.00 e. The number of nitrogens with zero attached hydrogens (tertiary/aromatic N) is 1. The van der Waals surface area contributed by atoms with Gasteiger partial charge in [0.15, 0.2) is 0 Å². The molecule has 2 aliphatic rings. The zero-order chi connectivity index (χ0) is 23.3. The average molecular weight is 526 g/mol. The number of halogens is 4. The first-order valence-electron chi connectivity index (χ1n) is 10.6. The topological polar surface area (TPSA) is 46.5 Å². The molecule has 2 bridgehead atoms. The van der Waals surface area contributed by atoms with Crippen molar-refractivity contribution >= 4 is 5.97 Å². The van der Waals surface area contributed by atoms with Crippen LogP contribution in [-0.4, -0.2) is 47.8 Å². The summed E-state index contributed by atoms with van der Waals surface area (Å²) in [7, 11) is 4.27. The molecule has 0 amide bonds. The second-order valence-corrected chi connectivity index (χ2v) is 9.30. The van der Waals surface area contributed by atoms with E-state index in [1.54, 1.807) is 24.3 Å². The lowest BCUT2D eigenvalue weighted by Gasteiger charge is -2.44. The fraction of sp³-hybridized carbons (Fsp3) is 0.400. The van der Waals surface area contributed by atoms with Gasteiger partial charge in [-0.3, -0.25) is 0 Å². The van der Waals surface area contributed by atoms with Gasteiger partial charge in [-0.25, -0.2) is 4.79 Å².